The van der Waals surface area contributed by atoms with E-state index in [0.29, 0.717) is 11.3 Å². The van der Waals surface area contributed by atoms with Gasteiger partial charge in [0.25, 0.3) is 0 Å². The van der Waals surface area contributed by atoms with E-state index in [4.69, 9.17) is 0 Å². The molecule has 2 heteroatoms. The first kappa shape index (κ1) is 14.9. The van der Waals surface area contributed by atoms with Crippen LogP contribution in [0.4, 0.5) is 0 Å². The fourth-order valence-corrected chi connectivity index (χ4v) is 4.63. The molecule has 0 aliphatic heterocycles. The monoisotopic (exact) mass is 277 g/mol. The number of aryl methyl sites for hydroxylation is 1. The molecule has 0 saturated heterocycles. The largest absolute Gasteiger partial charge is 0.316 e. The number of rotatable bonds is 4. The summed E-state index contributed by atoms with van der Waals surface area (Å²) in [5.74, 6) is 1.71. The van der Waals surface area contributed by atoms with E-state index < -0.39 is 0 Å². The summed E-state index contributed by atoms with van der Waals surface area (Å²) < 4.78 is 0. The van der Waals surface area contributed by atoms with Crippen LogP contribution in [0.3, 0.4) is 0 Å². The predicted octanol–water partition coefficient (Wildman–Crippen LogP) is 4.50. The Morgan fingerprint density at radius 3 is 2.68 bits per heavy atom. The van der Waals surface area contributed by atoms with Gasteiger partial charge in [-0.05, 0) is 57.2 Å². The van der Waals surface area contributed by atoms with Gasteiger partial charge in [0.15, 0.2) is 0 Å². The van der Waals surface area contributed by atoms with Gasteiger partial charge >= 0.3 is 0 Å². The van der Waals surface area contributed by atoms with Crippen molar-refractivity contribution in [3.63, 3.8) is 0 Å². The molecule has 19 heavy (non-hydrogen) atoms. The molecule has 0 radical (unpaired) electrons. The normalized spacial score (nSPS) is 27.7. The first-order chi connectivity index (χ1) is 9.10. The maximum atomic E-state index is 3.53. The number of benzene rings is 1. The second-order valence-corrected chi connectivity index (χ2v) is 7.50. The van der Waals surface area contributed by atoms with Crippen molar-refractivity contribution in [2.45, 2.75) is 56.2 Å². The van der Waals surface area contributed by atoms with Gasteiger partial charge in [0.05, 0.1) is 0 Å². The van der Waals surface area contributed by atoms with E-state index in [2.05, 4.69) is 69.2 Å². The van der Waals surface area contributed by atoms with E-state index in [9.17, 15) is 0 Å². The Morgan fingerprint density at radius 1 is 1.26 bits per heavy atom. The van der Waals surface area contributed by atoms with E-state index in [0.717, 1.165) is 11.8 Å². The zero-order valence-corrected chi connectivity index (χ0v) is 13.5. The quantitative estimate of drug-likeness (QED) is 0.869. The molecule has 0 bridgehead atoms. The summed E-state index contributed by atoms with van der Waals surface area (Å²) in [5, 5.41) is 4.24. The maximum absolute atomic E-state index is 3.53. The van der Waals surface area contributed by atoms with Crippen LogP contribution >= 0.6 is 11.8 Å². The third-order valence-electron chi connectivity index (χ3n) is 4.42. The average Bonchev–Trinajstić information content (AvgIpc) is 2.38. The van der Waals surface area contributed by atoms with E-state index >= 15 is 0 Å². The van der Waals surface area contributed by atoms with E-state index in [-0.39, 0.29) is 0 Å². The van der Waals surface area contributed by atoms with E-state index in [1.807, 2.05) is 0 Å². The fraction of sp³-hybridized carbons (Fsp3) is 0.647. The van der Waals surface area contributed by atoms with Gasteiger partial charge in [-0.1, -0.05) is 31.5 Å². The molecule has 1 fully saturated rings. The van der Waals surface area contributed by atoms with Crippen LogP contribution in [-0.2, 0) is 0 Å². The van der Waals surface area contributed by atoms with Crippen molar-refractivity contribution in [3.05, 3.63) is 29.8 Å². The van der Waals surface area contributed by atoms with Gasteiger partial charge in [0, 0.05) is 16.2 Å². The average molecular weight is 277 g/mol. The van der Waals surface area contributed by atoms with Gasteiger partial charge in [0.2, 0.25) is 0 Å². The van der Waals surface area contributed by atoms with Crippen molar-refractivity contribution in [1.29, 1.82) is 0 Å². The number of hydrogen-bond acceptors (Lipinski definition) is 2. The second-order valence-electron chi connectivity index (χ2n) is 6.19. The molecule has 0 heterocycles. The minimum atomic E-state index is 0.667. The van der Waals surface area contributed by atoms with Gasteiger partial charge in [-0.15, -0.1) is 11.8 Å². The minimum Gasteiger partial charge on any atom is -0.316 e. The lowest BCUT2D eigenvalue weighted by molar-refractivity contribution is 0.251. The minimum absolute atomic E-state index is 0.667. The highest BCUT2D eigenvalue weighted by atomic mass is 32.2. The highest BCUT2D eigenvalue weighted by Gasteiger charge is 2.31. The standard InChI is InChI=1S/C17H27NS/c1-12(2)14-8-9-16(18-4)17(11-14)19-15-7-5-6-13(3)10-15/h5-7,10,12,14,16-18H,8-9,11H2,1-4H3. The van der Waals surface area contributed by atoms with Gasteiger partial charge < -0.3 is 5.32 Å². The molecule has 3 atom stereocenters. The zero-order chi connectivity index (χ0) is 13.8. The van der Waals surface area contributed by atoms with Crippen LogP contribution in [0.5, 0.6) is 0 Å². The summed E-state index contributed by atoms with van der Waals surface area (Å²) in [5.41, 5.74) is 1.36. The second kappa shape index (κ2) is 6.81. The fourth-order valence-electron chi connectivity index (χ4n) is 3.09. The Balaban J connectivity index is 2.06. The molecule has 0 amide bonds. The third-order valence-corrected chi connectivity index (χ3v) is 5.77. The van der Waals surface area contributed by atoms with Crippen LogP contribution < -0.4 is 5.32 Å². The highest BCUT2D eigenvalue weighted by molar-refractivity contribution is 8.00. The molecule has 1 aromatic rings. The lowest BCUT2D eigenvalue weighted by atomic mass is 9.79. The first-order valence-corrected chi connectivity index (χ1v) is 8.38. The molecule has 0 spiro atoms. The van der Waals surface area contributed by atoms with Gasteiger partial charge in [-0.3, -0.25) is 0 Å². The predicted molar refractivity (Wildman–Crippen MR) is 85.9 cm³/mol. The highest BCUT2D eigenvalue weighted by Crippen LogP contribution is 2.39. The van der Waals surface area contributed by atoms with Crippen LogP contribution in [0, 0.1) is 18.8 Å². The van der Waals surface area contributed by atoms with Gasteiger partial charge in [-0.2, -0.15) is 0 Å². The van der Waals surface area contributed by atoms with Crippen molar-refractivity contribution < 1.29 is 0 Å². The molecule has 1 aliphatic rings. The van der Waals surface area contributed by atoms with Crippen molar-refractivity contribution in [3.8, 4) is 0 Å². The van der Waals surface area contributed by atoms with Crippen molar-refractivity contribution in [2.75, 3.05) is 7.05 Å². The Labute approximate surface area is 122 Å². The lowest BCUT2D eigenvalue weighted by Crippen LogP contribution is -2.41. The molecular weight excluding hydrogens is 250 g/mol. The molecule has 1 N–H and O–H groups in total. The van der Waals surface area contributed by atoms with Crippen LogP contribution in [0.15, 0.2) is 29.2 Å². The molecule has 0 aromatic heterocycles. The number of thioether (sulfide) groups is 1. The molecule has 1 saturated carbocycles. The topological polar surface area (TPSA) is 12.0 Å². The van der Waals surface area contributed by atoms with E-state index in [1.165, 1.54) is 29.7 Å². The Morgan fingerprint density at radius 2 is 2.05 bits per heavy atom. The molecule has 106 valence electrons. The van der Waals surface area contributed by atoms with Gasteiger partial charge in [0.1, 0.15) is 0 Å². The summed E-state index contributed by atoms with van der Waals surface area (Å²) in [7, 11) is 2.12. The van der Waals surface area contributed by atoms with E-state index in [1.54, 1.807) is 0 Å². The summed E-state index contributed by atoms with van der Waals surface area (Å²) in [6.07, 6.45) is 4.05. The third kappa shape index (κ3) is 4.00. The van der Waals surface area contributed by atoms with Crippen LogP contribution in [-0.4, -0.2) is 18.3 Å². The molecule has 1 aliphatic carbocycles. The van der Waals surface area contributed by atoms with Crippen molar-refractivity contribution in [1.82, 2.24) is 5.32 Å². The Bertz CT molecular complexity index is 402. The smallest absolute Gasteiger partial charge is 0.0251 e. The summed E-state index contributed by atoms with van der Waals surface area (Å²) >= 11 is 2.07. The van der Waals surface area contributed by atoms with Gasteiger partial charge in [-0.25, -0.2) is 0 Å². The molecular formula is C17H27NS. The molecule has 2 rings (SSSR count). The Hall–Kier alpha value is -0.470. The SMILES string of the molecule is CNC1CCC(C(C)C)CC1Sc1cccc(C)c1. The lowest BCUT2D eigenvalue weighted by Gasteiger charge is -2.37. The molecule has 1 nitrogen and oxygen atoms in total. The maximum Gasteiger partial charge on any atom is 0.0251 e. The molecule has 3 unspecified atom stereocenters. The van der Waals surface area contributed by atoms with Crippen molar-refractivity contribution in [2.24, 2.45) is 11.8 Å². The summed E-state index contributed by atoms with van der Waals surface area (Å²) in [6.45, 7) is 6.93. The van der Waals surface area contributed by atoms with Crippen LogP contribution in [0.2, 0.25) is 0 Å². The Kier molecular flexibility index (Phi) is 5.35. The van der Waals surface area contributed by atoms with Crippen LogP contribution in [0.1, 0.15) is 38.7 Å². The molecule has 1 aromatic carbocycles. The van der Waals surface area contributed by atoms with Crippen LogP contribution in [0.25, 0.3) is 0 Å². The first-order valence-electron chi connectivity index (χ1n) is 7.50. The van der Waals surface area contributed by atoms with Crippen molar-refractivity contribution >= 4 is 11.8 Å². The number of nitrogens with one attached hydrogen (secondary N) is 1. The summed E-state index contributed by atoms with van der Waals surface area (Å²) in [6, 6.07) is 9.59. The zero-order valence-electron chi connectivity index (χ0n) is 12.6. The summed E-state index contributed by atoms with van der Waals surface area (Å²) in [4.78, 5) is 1.43. The number of hydrogen-bond donors (Lipinski definition) is 1.